The fraction of sp³-hybridized carbons (Fsp3) is 0.316. The quantitative estimate of drug-likeness (QED) is 0.280. The maximum Gasteiger partial charge on any atom is 0.270 e. The van der Waals surface area contributed by atoms with Crippen LogP contribution in [0.15, 0.2) is 42.5 Å². The first-order valence-corrected chi connectivity index (χ1v) is 8.38. The second-order valence-corrected chi connectivity index (χ2v) is 5.70. The van der Waals surface area contributed by atoms with Gasteiger partial charge in [-0.1, -0.05) is 0 Å². The number of aldehydes is 1. The van der Waals surface area contributed by atoms with Crippen molar-refractivity contribution in [3.05, 3.63) is 58.1 Å². The molecule has 0 aliphatic carbocycles. The first kappa shape index (κ1) is 19.2. The SMILES string of the molecule is O=Cc1cc([N+](=O)[O-])ccc1OCCCCCCOc1ccc(O)cc1. The van der Waals surface area contributed by atoms with Crippen LogP contribution < -0.4 is 9.47 Å². The van der Waals surface area contributed by atoms with Crippen LogP contribution in [-0.2, 0) is 0 Å². The molecule has 2 rings (SSSR count). The van der Waals surface area contributed by atoms with Crippen molar-refractivity contribution in [2.45, 2.75) is 25.7 Å². The maximum atomic E-state index is 11.0. The summed E-state index contributed by atoms with van der Waals surface area (Å²) < 4.78 is 11.1. The van der Waals surface area contributed by atoms with E-state index in [2.05, 4.69) is 0 Å². The van der Waals surface area contributed by atoms with E-state index >= 15 is 0 Å². The third-order valence-corrected chi connectivity index (χ3v) is 3.73. The molecule has 0 aliphatic heterocycles. The molecule has 26 heavy (non-hydrogen) atoms. The smallest absolute Gasteiger partial charge is 0.270 e. The van der Waals surface area contributed by atoms with E-state index in [9.17, 15) is 20.0 Å². The van der Waals surface area contributed by atoms with E-state index in [-0.39, 0.29) is 17.0 Å². The number of unbranched alkanes of at least 4 members (excludes halogenated alkanes) is 3. The van der Waals surface area contributed by atoms with Crippen molar-refractivity contribution in [3.8, 4) is 17.2 Å². The van der Waals surface area contributed by atoms with Gasteiger partial charge in [-0.2, -0.15) is 0 Å². The molecule has 138 valence electrons. The zero-order valence-electron chi connectivity index (χ0n) is 14.3. The summed E-state index contributed by atoms with van der Waals surface area (Å²) in [5, 5.41) is 19.9. The van der Waals surface area contributed by atoms with Crippen molar-refractivity contribution < 1.29 is 24.3 Å². The lowest BCUT2D eigenvalue weighted by Gasteiger charge is -2.09. The van der Waals surface area contributed by atoms with Gasteiger partial charge < -0.3 is 14.6 Å². The van der Waals surface area contributed by atoms with Gasteiger partial charge in [-0.15, -0.1) is 0 Å². The number of nitro benzene ring substituents is 1. The maximum absolute atomic E-state index is 11.0. The Morgan fingerprint density at radius 3 is 2.23 bits per heavy atom. The number of benzene rings is 2. The second kappa shape index (κ2) is 10.0. The Balaban J connectivity index is 1.61. The van der Waals surface area contributed by atoms with Crippen LogP contribution in [0.3, 0.4) is 0 Å². The van der Waals surface area contributed by atoms with Gasteiger partial charge in [-0.3, -0.25) is 14.9 Å². The highest BCUT2D eigenvalue weighted by Gasteiger charge is 2.11. The van der Waals surface area contributed by atoms with Crippen LogP contribution in [0.25, 0.3) is 0 Å². The summed E-state index contributed by atoms with van der Waals surface area (Å²) in [4.78, 5) is 21.2. The van der Waals surface area contributed by atoms with E-state index in [1.165, 1.54) is 18.2 Å². The number of rotatable bonds is 11. The van der Waals surface area contributed by atoms with E-state index < -0.39 is 4.92 Å². The fourth-order valence-electron chi connectivity index (χ4n) is 2.35. The minimum atomic E-state index is -0.545. The molecule has 0 aliphatic rings. The van der Waals surface area contributed by atoms with Gasteiger partial charge in [-0.25, -0.2) is 0 Å². The van der Waals surface area contributed by atoms with Crippen molar-refractivity contribution in [2.75, 3.05) is 13.2 Å². The Bertz CT molecular complexity index is 729. The van der Waals surface area contributed by atoms with E-state index in [4.69, 9.17) is 9.47 Å². The van der Waals surface area contributed by atoms with Crippen LogP contribution in [0, 0.1) is 10.1 Å². The Kier molecular flexibility index (Phi) is 7.42. The summed E-state index contributed by atoms with van der Waals surface area (Å²) in [5.74, 6) is 1.30. The van der Waals surface area contributed by atoms with Gasteiger partial charge in [0.25, 0.3) is 5.69 Å². The summed E-state index contributed by atoms with van der Waals surface area (Å²) in [5.41, 5.74) is 0.0505. The molecule has 0 amide bonds. The number of phenols is 1. The first-order chi connectivity index (χ1) is 12.6. The van der Waals surface area contributed by atoms with Crippen molar-refractivity contribution in [1.29, 1.82) is 0 Å². The minimum Gasteiger partial charge on any atom is -0.508 e. The lowest BCUT2D eigenvalue weighted by molar-refractivity contribution is -0.384. The number of carbonyl (C=O) groups excluding carboxylic acids is 1. The summed E-state index contributed by atoms with van der Waals surface area (Å²) in [7, 11) is 0. The lowest BCUT2D eigenvalue weighted by atomic mass is 10.2. The van der Waals surface area contributed by atoms with E-state index in [1.54, 1.807) is 24.3 Å². The third-order valence-electron chi connectivity index (χ3n) is 3.73. The highest BCUT2D eigenvalue weighted by atomic mass is 16.6. The van der Waals surface area contributed by atoms with Crippen LogP contribution >= 0.6 is 0 Å². The molecule has 0 aromatic heterocycles. The summed E-state index contributed by atoms with van der Waals surface area (Å²) >= 11 is 0. The number of nitrogens with zero attached hydrogens (tertiary/aromatic N) is 1. The van der Waals surface area contributed by atoms with Gasteiger partial charge in [-0.05, 0) is 56.0 Å². The molecule has 7 nitrogen and oxygen atoms in total. The van der Waals surface area contributed by atoms with E-state index in [0.29, 0.717) is 25.2 Å². The molecule has 7 heteroatoms. The topological polar surface area (TPSA) is 98.9 Å². The molecule has 0 bridgehead atoms. The minimum absolute atomic E-state index is 0.131. The number of hydrogen-bond donors (Lipinski definition) is 1. The second-order valence-electron chi connectivity index (χ2n) is 5.70. The third kappa shape index (κ3) is 6.08. The number of nitro groups is 1. The molecule has 2 aromatic carbocycles. The van der Waals surface area contributed by atoms with Crippen molar-refractivity contribution in [3.63, 3.8) is 0 Å². The van der Waals surface area contributed by atoms with Crippen molar-refractivity contribution in [2.24, 2.45) is 0 Å². The number of ether oxygens (including phenoxy) is 2. The zero-order valence-corrected chi connectivity index (χ0v) is 14.3. The highest BCUT2D eigenvalue weighted by Crippen LogP contribution is 2.23. The zero-order chi connectivity index (χ0) is 18.8. The number of non-ortho nitro benzene ring substituents is 1. The Morgan fingerprint density at radius 1 is 0.962 bits per heavy atom. The summed E-state index contributed by atoms with van der Waals surface area (Å²) in [6.45, 7) is 1.04. The largest absolute Gasteiger partial charge is 0.508 e. The van der Waals surface area contributed by atoms with Gasteiger partial charge >= 0.3 is 0 Å². The summed E-state index contributed by atoms with van der Waals surface area (Å²) in [6, 6.07) is 10.6. The van der Waals surface area contributed by atoms with E-state index in [1.807, 2.05) is 0 Å². The Morgan fingerprint density at radius 2 is 1.62 bits per heavy atom. The Hall–Kier alpha value is -3.09. The van der Waals surface area contributed by atoms with Crippen LogP contribution in [0.1, 0.15) is 36.0 Å². The molecule has 0 spiro atoms. The van der Waals surface area contributed by atoms with Crippen LogP contribution in [0.4, 0.5) is 5.69 Å². The van der Waals surface area contributed by atoms with Gasteiger partial charge in [0.1, 0.15) is 17.2 Å². The van der Waals surface area contributed by atoms with Crippen LogP contribution in [0.2, 0.25) is 0 Å². The average Bonchev–Trinajstić information content (AvgIpc) is 2.65. The highest BCUT2D eigenvalue weighted by molar-refractivity contribution is 5.80. The number of phenolic OH excluding ortho intramolecular Hbond substituents is 1. The van der Waals surface area contributed by atoms with Crippen LogP contribution in [0.5, 0.6) is 17.2 Å². The molecule has 2 aromatic rings. The molecule has 0 atom stereocenters. The Labute approximate surface area is 151 Å². The van der Waals surface area contributed by atoms with Crippen LogP contribution in [-0.4, -0.2) is 29.5 Å². The van der Waals surface area contributed by atoms with Crippen molar-refractivity contribution in [1.82, 2.24) is 0 Å². The molecule has 0 saturated heterocycles. The number of hydrogen-bond acceptors (Lipinski definition) is 6. The van der Waals surface area contributed by atoms with Gasteiger partial charge in [0.15, 0.2) is 6.29 Å². The standard InChI is InChI=1S/C19H21NO6/c21-14-15-13-16(20(23)24)5-10-19(15)26-12-4-2-1-3-11-25-18-8-6-17(22)7-9-18/h5-10,13-14,22H,1-4,11-12H2. The predicted molar refractivity (Wildman–Crippen MR) is 96.0 cm³/mol. The van der Waals surface area contributed by atoms with E-state index in [0.717, 1.165) is 31.4 Å². The lowest BCUT2D eigenvalue weighted by Crippen LogP contribution is -2.02. The van der Waals surface area contributed by atoms with Crippen molar-refractivity contribution >= 4 is 12.0 Å². The predicted octanol–water partition coefficient (Wildman–Crippen LogP) is 4.13. The molecule has 0 saturated carbocycles. The van der Waals surface area contributed by atoms with Gasteiger partial charge in [0.2, 0.25) is 0 Å². The first-order valence-electron chi connectivity index (χ1n) is 8.38. The molecule has 0 fully saturated rings. The molecule has 0 heterocycles. The molecular weight excluding hydrogens is 338 g/mol. The van der Waals surface area contributed by atoms with Gasteiger partial charge in [0, 0.05) is 12.1 Å². The number of carbonyl (C=O) groups is 1. The number of aromatic hydroxyl groups is 1. The summed E-state index contributed by atoms with van der Waals surface area (Å²) in [6.07, 6.45) is 4.19. The molecule has 0 unspecified atom stereocenters. The average molecular weight is 359 g/mol. The molecular formula is C19H21NO6. The van der Waals surface area contributed by atoms with Gasteiger partial charge in [0.05, 0.1) is 23.7 Å². The normalized spacial score (nSPS) is 10.3. The fourth-order valence-corrected chi connectivity index (χ4v) is 2.35. The monoisotopic (exact) mass is 359 g/mol. The molecule has 1 N–H and O–H groups in total. The molecule has 0 radical (unpaired) electrons.